The van der Waals surface area contributed by atoms with Gasteiger partial charge in [-0.15, -0.1) is 11.3 Å². The molecule has 0 aliphatic rings. The van der Waals surface area contributed by atoms with Crippen LogP contribution in [0.5, 0.6) is 0 Å². The van der Waals surface area contributed by atoms with Crippen molar-refractivity contribution in [3.63, 3.8) is 0 Å². The summed E-state index contributed by atoms with van der Waals surface area (Å²) in [6.07, 6.45) is 1.33. The number of aryl methyl sites for hydroxylation is 1. The first kappa shape index (κ1) is 13.3. The molecule has 0 saturated heterocycles. The Labute approximate surface area is 125 Å². The van der Waals surface area contributed by atoms with Gasteiger partial charge in [-0.25, -0.2) is 4.98 Å². The summed E-state index contributed by atoms with van der Waals surface area (Å²) < 4.78 is 1.16. The molecule has 102 valence electrons. The second kappa shape index (κ2) is 6.15. The van der Waals surface area contributed by atoms with Gasteiger partial charge < -0.3 is 5.32 Å². The Bertz CT molecular complexity index is 671. The van der Waals surface area contributed by atoms with E-state index in [4.69, 9.17) is 0 Å². The molecule has 0 unspecified atom stereocenters. The second-order valence-electron chi connectivity index (χ2n) is 4.48. The zero-order valence-corrected chi connectivity index (χ0v) is 12.5. The number of thiophene rings is 1. The zero-order valence-electron chi connectivity index (χ0n) is 10.8. The quantitative estimate of drug-likeness (QED) is 0.782. The third-order valence-electron chi connectivity index (χ3n) is 3.00. The zero-order chi connectivity index (χ0) is 13.8. The number of thiazole rings is 1. The number of carbonyl (C=O) groups excluding carboxylic acids is 1. The summed E-state index contributed by atoms with van der Waals surface area (Å²) in [5, 5.41) is 8.01. The first-order valence-electron chi connectivity index (χ1n) is 6.43. The monoisotopic (exact) mass is 302 g/mol. The molecule has 5 heteroatoms. The highest BCUT2D eigenvalue weighted by Crippen LogP contribution is 2.21. The Balaban J connectivity index is 1.52. The van der Waals surface area contributed by atoms with E-state index in [1.165, 1.54) is 5.56 Å². The Kier molecular flexibility index (Phi) is 4.08. The summed E-state index contributed by atoms with van der Waals surface area (Å²) in [7, 11) is 0. The number of carbonyl (C=O) groups is 1. The molecule has 2 heterocycles. The summed E-state index contributed by atoms with van der Waals surface area (Å²) in [5.41, 5.74) is 2.23. The largest absolute Gasteiger partial charge is 0.350 e. The van der Waals surface area contributed by atoms with Crippen LogP contribution in [0.4, 0.5) is 0 Å². The van der Waals surface area contributed by atoms with E-state index in [2.05, 4.69) is 27.8 Å². The fourth-order valence-electron chi connectivity index (χ4n) is 1.95. The summed E-state index contributed by atoms with van der Waals surface area (Å²) in [4.78, 5) is 16.3. The molecule has 2 aromatic heterocycles. The van der Waals surface area contributed by atoms with Crippen LogP contribution in [0.2, 0.25) is 0 Å². The highest BCUT2D eigenvalue weighted by atomic mass is 32.1. The van der Waals surface area contributed by atoms with Crippen LogP contribution in [0.15, 0.2) is 41.1 Å². The molecule has 0 spiro atoms. The molecule has 20 heavy (non-hydrogen) atoms. The Morgan fingerprint density at radius 2 is 2.15 bits per heavy atom. The molecule has 3 aromatic rings. The third-order valence-corrected chi connectivity index (χ3v) is 4.76. The molecule has 0 aliphatic heterocycles. The van der Waals surface area contributed by atoms with E-state index in [0.717, 1.165) is 21.6 Å². The average Bonchev–Trinajstić information content (AvgIpc) is 3.11. The Morgan fingerprint density at radius 3 is 2.95 bits per heavy atom. The maximum atomic E-state index is 11.8. The number of nitrogens with zero attached hydrogens (tertiary/aromatic N) is 1. The number of aromatic nitrogens is 1. The van der Waals surface area contributed by atoms with Gasteiger partial charge in [0.1, 0.15) is 5.01 Å². The lowest BCUT2D eigenvalue weighted by atomic mass is 10.2. The van der Waals surface area contributed by atoms with Crippen molar-refractivity contribution in [3.8, 4) is 0 Å². The van der Waals surface area contributed by atoms with Crippen LogP contribution in [0.25, 0.3) is 10.2 Å². The minimum atomic E-state index is 0.0791. The van der Waals surface area contributed by atoms with Gasteiger partial charge in [0.2, 0.25) is 5.91 Å². The van der Waals surface area contributed by atoms with Gasteiger partial charge in [0.25, 0.3) is 0 Å². The molecule has 1 amide bonds. The van der Waals surface area contributed by atoms with Gasteiger partial charge in [0.15, 0.2) is 0 Å². The summed E-state index contributed by atoms with van der Waals surface area (Å²) >= 11 is 3.29. The van der Waals surface area contributed by atoms with Crippen molar-refractivity contribution in [1.82, 2.24) is 10.3 Å². The predicted molar refractivity (Wildman–Crippen MR) is 84.1 cm³/mol. The van der Waals surface area contributed by atoms with E-state index < -0.39 is 0 Å². The molecule has 0 fully saturated rings. The molecule has 0 bridgehead atoms. The first-order valence-corrected chi connectivity index (χ1v) is 8.19. The molecule has 0 saturated carbocycles. The molecule has 0 aliphatic carbocycles. The van der Waals surface area contributed by atoms with Crippen molar-refractivity contribution < 1.29 is 4.79 Å². The number of fused-ring (bicyclic) bond motifs is 1. The van der Waals surface area contributed by atoms with E-state index in [-0.39, 0.29) is 5.91 Å². The normalized spacial score (nSPS) is 10.8. The molecular formula is C15H14N2OS2. The maximum Gasteiger partial charge on any atom is 0.220 e. The van der Waals surface area contributed by atoms with Crippen LogP contribution < -0.4 is 5.32 Å². The van der Waals surface area contributed by atoms with Crippen LogP contribution in [0.1, 0.15) is 17.0 Å². The summed E-state index contributed by atoms with van der Waals surface area (Å²) in [5.74, 6) is 0.0791. The standard InChI is InChI=1S/C15H14N2OS2/c18-14(6-5-11-7-8-19-10-11)16-9-15-17-12-3-1-2-4-13(12)20-15/h1-4,7-8,10H,5-6,9H2,(H,16,18). The van der Waals surface area contributed by atoms with Crippen molar-refractivity contribution in [1.29, 1.82) is 0 Å². The average molecular weight is 302 g/mol. The number of benzene rings is 1. The van der Waals surface area contributed by atoms with Gasteiger partial charge in [-0.05, 0) is 40.9 Å². The molecule has 0 atom stereocenters. The van der Waals surface area contributed by atoms with Crippen LogP contribution in [-0.4, -0.2) is 10.9 Å². The number of para-hydroxylation sites is 1. The molecule has 3 nitrogen and oxygen atoms in total. The number of amides is 1. The Hall–Kier alpha value is -1.72. The van der Waals surface area contributed by atoms with Crippen LogP contribution in [0, 0.1) is 0 Å². The van der Waals surface area contributed by atoms with Gasteiger partial charge in [-0.2, -0.15) is 11.3 Å². The lowest BCUT2D eigenvalue weighted by Crippen LogP contribution is -2.22. The van der Waals surface area contributed by atoms with Crippen LogP contribution >= 0.6 is 22.7 Å². The fourth-order valence-corrected chi connectivity index (χ4v) is 3.56. The van der Waals surface area contributed by atoms with Crippen LogP contribution in [-0.2, 0) is 17.8 Å². The fraction of sp³-hybridized carbons (Fsp3) is 0.200. The van der Waals surface area contributed by atoms with Crippen molar-refractivity contribution in [2.75, 3.05) is 0 Å². The van der Waals surface area contributed by atoms with Crippen molar-refractivity contribution in [2.45, 2.75) is 19.4 Å². The van der Waals surface area contributed by atoms with Crippen molar-refractivity contribution >= 4 is 38.8 Å². The number of hydrogen-bond donors (Lipinski definition) is 1. The topological polar surface area (TPSA) is 42.0 Å². The number of nitrogens with one attached hydrogen (secondary N) is 1. The highest BCUT2D eigenvalue weighted by molar-refractivity contribution is 7.18. The molecule has 1 aromatic carbocycles. The highest BCUT2D eigenvalue weighted by Gasteiger charge is 2.06. The van der Waals surface area contributed by atoms with E-state index in [1.54, 1.807) is 22.7 Å². The lowest BCUT2D eigenvalue weighted by Gasteiger charge is -2.01. The smallest absolute Gasteiger partial charge is 0.220 e. The van der Waals surface area contributed by atoms with Gasteiger partial charge in [0.05, 0.1) is 16.8 Å². The Morgan fingerprint density at radius 1 is 1.25 bits per heavy atom. The summed E-state index contributed by atoms with van der Waals surface area (Å²) in [6.45, 7) is 0.516. The SMILES string of the molecule is O=C(CCc1ccsc1)NCc1nc2ccccc2s1. The number of hydrogen-bond acceptors (Lipinski definition) is 4. The van der Waals surface area contributed by atoms with Gasteiger partial charge in [-0.1, -0.05) is 12.1 Å². The van der Waals surface area contributed by atoms with E-state index in [1.807, 2.05) is 23.6 Å². The molecule has 1 N–H and O–H groups in total. The minimum Gasteiger partial charge on any atom is -0.350 e. The minimum absolute atomic E-state index is 0.0791. The molecular weight excluding hydrogens is 288 g/mol. The van der Waals surface area contributed by atoms with E-state index in [0.29, 0.717) is 13.0 Å². The van der Waals surface area contributed by atoms with E-state index >= 15 is 0 Å². The third kappa shape index (κ3) is 3.23. The second-order valence-corrected chi connectivity index (χ2v) is 6.38. The summed E-state index contributed by atoms with van der Waals surface area (Å²) in [6, 6.07) is 10.1. The first-order chi connectivity index (χ1) is 9.81. The molecule has 3 rings (SSSR count). The van der Waals surface area contributed by atoms with E-state index in [9.17, 15) is 4.79 Å². The van der Waals surface area contributed by atoms with Crippen LogP contribution in [0.3, 0.4) is 0 Å². The van der Waals surface area contributed by atoms with Gasteiger partial charge >= 0.3 is 0 Å². The predicted octanol–water partition coefficient (Wildman–Crippen LogP) is 3.61. The van der Waals surface area contributed by atoms with Gasteiger partial charge in [0, 0.05) is 6.42 Å². The van der Waals surface area contributed by atoms with Crippen molar-refractivity contribution in [3.05, 3.63) is 51.7 Å². The molecule has 0 radical (unpaired) electrons. The van der Waals surface area contributed by atoms with Crippen molar-refractivity contribution in [2.24, 2.45) is 0 Å². The number of rotatable bonds is 5. The lowest BCUT2D eigenvalue weighted by molar-refractivity contribution is -0.121. The van der Waals surface area contributed by atoms with Gasteiger partial charge in [-0.3, -0.25) is 4.79 Å². The maximum absolute atomic E-state index is 11.8.